The summed E-state index contributed by atoms with van der Waals surface area (Å²) < 4.78 is 2.01. The fourth-order valence-electron chi connectivity index (χ4n) is 2.80. The molecule has 0 saturated carbocycles. The third kappa shape index (κ3) is 11.8. The van der Waals surface area contributed by atoms with Crippen LogP contribution in [-0.4, -0.2) is 26.6 Å². The first kappa shape index (κ1) is 23.7. The Bertz CT molecular complexity index is 453. The molecule has 0 aliphatic carbocycles. The summed E-state index contributed by atoms with van der Waals surface area (Å²) in [5.74, 6) is 0. The van der Waals surface area contributed by atoms with Gasteiger partial charge in [0.05, 0.1) is 0 Å². The van der Waals surface area contributed by atoms with Gasteiger partial charge < -0.3 is 0 Å². The average molecular weight is 465 g/mol. The van der Waals surface area contributed by atoms with Crippen LogP contribution < -0.4 is 0 Å². The van der Waals surface area contributed by atoms with Gasteiger partial charge in [-0.3, -0.25) is 0 Å². The molecular formula is C18H32Cl2NPRu. The standard InChI is InChI=1S/C9H11N.C9H21P.2ClH.Ru/c1-3-5-9-7-4-6-8(2)10-9;1-7(2)10(8(3)4)9(5)6;;;/h1,4,6-7H,3,5H2,2H3;7-9H,1-6H3;2*1H;/q;;;;+2/p-2. The van der Waals surface area contributed by atoms with Gasteiger partial charge in [0.15, 0.2) is 0 Å². The van der Waals surface area contributed by atoms with Crippen molar-refractivity contribution in [1.29, 1.82) is 0 Å². The van der Waals surface area contributed by atoms with Gasteiger partial charge in [-0.1, -0.05) is 49.5 Å². The topological polar surface area (TPSA) is 12.9 Å². The molecule has 1 nitrogen and oxygen atoms in total. The van der Waals surface area contributed by atoms with Crippen LogP contribution in [0.1, 0.15) is 59.4 Å². The molecule has 23 heavy (non-hydrogen) atoms. The first-order valence-corrected chi connectivity index (χ1v) is 15.2. The molecular weight excluding hydrogens is 433 g/mol. The van der Waals surface area contributed by atoms with Crippen molar-refractivity contribution in [3.8, 4) is 0 Å². The number of pyridine rings is 1. The van der Waals surface area contributed by atoms with Gasteiger partial charge in [-0.05, 0) is 17.0 Å². The number of halogens is 2. The molecule has 1 aromatic rings. The summed E-state index contributed by atoms with van der Waals surface area (Å²) in [7, 11) is 11.7. The van der Waals surface area contributed by atoms with Gasteiger partial charge in [-0.2, -0.15) is 0 Å². The molecule has 0 aliphatic heterocycles. The molecule has 5 heteroatoms. The van der Waals surface area contributed by atoms with Crippen LogP contribution in [0.15, 0.2) is 18.2 Å². The zero-order valence-corrected chi connectivity index (χ0v) is 19.6. The van der Waals surface area contributed by atoms with Gasteiger partial charge in [-0.15, -0.1) is 0 Å². The predicted octanol–water partition coefficient (Wildman–Crippen LogP) is 6.74. The van der Waals surface area contributed by atoms with Crippen LogP contribution in [0.25, 0.3) is 0 Å². The number of aromatic nitrogens is 1. The third-order valence-electron chi connectivity index (χ3n) is 3.35. The molecule has 0 fully saturated rings. The van der Waals surface area contributed by atoms with E-state index in [9.17, 15) is 0 Å². The number of hydrogen-bond acceptors (Lipinski definition) is 1. The minimum absolute atomic E-state index is 0.262. The molecule has 1 heterocycles. The van der Waals surface area contributed by atoms with Crippen LogP contribution >= 0.6 is 27.3 Å². The summed E-state index contributed by atoms with van der Waals surface area (Å²) >= 11 is -1.57. The average Bonchev–Trinajstić information content (AvgIpc) is 2.37. The fraction of sp³-hybridized carbons (Fsp3) is 0.667. The van der Waals surface area contributed by atoms with Crippen LogP contribution in [-0.2, 0) is 19.9 Å². The summed E-state index contributed by atoms with van der Waals surface area (Å²) in [5.41, 5.74) is 4.86. The van der Waals surface area contributed by atoms with Crippen molar-refractivity contribution < 1.29 is 13.5 Å². The van der Waals surface area contributed by atoms with E-state index < -0.39 is 13.5 Å². The molecule has 0 aromatic carbocycles. The molecule has 0 amide bonds. The Balaban J connectivity index is 0.000000438. The summed E-state index contributed by atoms with van der Waals surface area (Å²) in [5, 5.41) is 0. The van der Waals surface area contributed by atoms with Crippen LogP contribution in [0.4, 0.5) is 0 Å². The third-order valence-corrected chi connectivity index (χ3v) is 9.25. The number of aryl methyl sites for hydroxylation is 2. The van der Waals surface area contributed by atoms with E-state index in [0.717, 1.165) is 41.2 Å². The second-order valence-electron chi connectivity index (χ2n) is 6.39. The Morgan fingerprint density at radius 3 is 1.91 bits per heavy atom. The SMILES string of the molecule is CC(C)P(C(C)C)C(C)C.Cc1cccc(CC[CH]=[Ru]([Cl])[Cl])n1. The van der Waals surface area contributed by atoms with E-state index in [4.69, 9.17) is 19.4 Å². The summed E-state index contributed by atoms with van der Waals surface area (Å²) in [6, 6.07) is 6.04. The number of nitrogens with zero attached hydrogens (tertiary/aromatic N) is 1. The molecule has 1 rings (SSSR count). The van der Waals surface area contributed by atoms with Crippen LogP contribution in [0.2, 0.25) is 0 Å². The van der Waals surface area contributed by atoms with E-state index in [0.29, 0.717) is 0 Å². The summed E-state index contributed by atoms with van der Waals surface area (Å²) in [6.45, 7) is 16.1. The monoisotopic (exact) mass is 465 g/mol. The molecule has 0 N–H and O–H groups in total. The van der Waals surface area contributed by atoms with Gasteiger partial charge in [0.1, 0.15) is 0 Å². The molecule has 136 valence electrons. The molecule has 0 unspecified atom stereocenters. The second-order valence-corrected chi connectivity index (χ2v) is 16.3. The summed E-state index contributed by atoms with van der Waals surface area (Å²) in [6.07, 6.45) is 1.87. The van der Waals surface area contributed by atoms with Crippen LogP contribution in [0, 0.1) is 6.92 Å². The van der Waals surface area contributed by atoms with Gasteiger partial charge in [-0.25, -0.2) is 0 Å². The Kier molecular flexibility index (Phi) is 13.3. The molecule has 0 spiro atoms. The maximum atomic E-state index is 5.71. The molecule has 0 saturated heterocycles. The van der Waals surface area contributed by atoms with Crippen molar-refractivity contribution in [3.63, 3.8) is 0 Å². The van der Waals surface area contributed by atoms with E-state index in [1.807, 2.05) is 29.7 Å². The van der Waals surface area contributed by atoms with Crippen molar-refractivity contribution in [2.45, 2.75) is 78.3 Å². The molecule has 1 aromatic heterocycles. The van der Waals surface area contributed by atoms with Crippen molar-refractivity contribution in [2.75, 3.05) is 0 Å². The summed E-state index contributed by atoms with van der Waals surface area (Å²) in [4.78, 5) is 4.38. The molecule has 0 atom stereocenters. The Morgan fingerprint density at radius 2 is 1.57 bits per heavy atom. The Labute approximate surface area is 157 Å². The Morgan fingerprint density at radius 1 is 1.04 bits per heavy atom. The molecule has 0 aliphatic rings. The normalized spacial score (nSPS) is 11.8. The van der Waals surface area contributed by atoms with Gasteiger partial charge in [0, 0.05) is 0 Å². The van der Waals surface area contributed by atoms with Crippen molar-refractivity contribution in [3.05, 3.63) is 29.6 Å². The minimum atomic E-state index is -1.57. The first-order valence-electron chi connectivity index (χ1n) is 8.16. The van der Waals surface area contributed by atoms with E-state index in [1.54, 1.807) is 0 Å². The van der Waals surface area contributed by atoms with Gasteiger partial charge >= 0.3 is 91.8 Å². The zero-order valence-electron chi connectivity index (χ0n) is 15.5. The van der Waals surface area contributed by atoms with Crippen molar-refractivity contribution >= 4 is 31.9 Å². The van der Waals surface area contributed by atoms with Gasteiger partial charge in [0.25, 0.3) is 0 Å². The first-order chi connectivity index (χ1) is 10.6. The van der Waals surface area contributed by atoms with E-state index >= 15 is 0 Å². The van der Waals surface area contributed by atoms with E-state index in [-0.39, 0.29) is 7.92 Å². The predicted molar refractivity (Wildman–Crippen MR) is 107 cm³/mol. The zero-order chi connectivity index (χ0) is 18.0. The molecule has 0 radical (unpaired) electrons. The van der Waals surface area contributed by atoms with Gasteiger partial charge in [0.2, 0.25) is 0 Å². The maximum absolute atomic E-state index is 5.71. The molecule has 0 bridgehead atoms. The van der Waals surface area contributed by atoms with E-state index in [2.05, 4.69) is 46.5 Å². The second kappa shape index (κ2) is 12.9. The van der Waals surface area contributed by atoms with Crippen molar-refractivity contribution in [2.24, 2.45) is 0 Å². The number of rotatable bonds is 6. The van der Waals surface area contributed by atoms with Crippen LogP contribution in [0.3, 0.4) is 0 Å². The fourth-order valence-corrected chi connectivity index (χ4v) is 7.92. The van der Waals surface area contributed by atoms with Crippen molar-refractivity contribution in [1.82, 2.24) is 4.98 Å². The van der Waals surface area contributed by atoms with E-state index in [1.165, 1.54) is 0 Å². The van der Waals surface area contributed by atoms with Crippen LogP contribution in [0.5, 0.6) is 0 Å². The number of hydrogen-bond donors (Lipinski definition) is 0. The Hall–Kier alpha value is 0.653. The quantitative estimate of drug-likeness (QED) is 0.335.